The number of allylic oxidation sites excluding steroid dienone is 1. The van der Waals surface area contributed by atoms with Crippen LogP contribution in [0.2, 0.25) is 10.0 Å². The maximum absolute atomic E-state index is 12.5. The molecule has 2 aromatic carbocycles. The standard InChI is InChI=1S/C18H10Cl2O3/c19-11-4-3-10(14(20)9-11)8-16-17(21)13-5-6-15-12(18(13)23-16)2-1-7-22-15/h1-6,8-9H,7H2/b16-8-. The minimum Gasteiger partial charge on any atom is -0.489 e. The van der Waals surface area contributed by atoms with Gasteiger partial charge in [0.1, 0.15) is 18.1 Å². The number of fused-ring (bicyclic) bond motifs is 3. The summed E-state index contributed by atoms with van der Waals surface area (Å²) >= 11 is 12.0. The Morgan fingerprint density at radius 1 is 1.13 bits per heavy atom. The van der Waals surface area contributed by atoms with Gasteiger partial charge in [0.2, 0.25) is 5.78 Å². The van der Waals surface area contributed by atoms with E-state index in [-0.39, 0.29) is 11.5 Å². The molecule has 2 aliphatic heterocycles. The minimum atomic E-state index is -0.173. The van der Waals surface area contributed by atoms with Gasteiger partial charge in [-0.05, 0) is 48.1 Å². The summed E-state index contributed by atoms with van der Waals surface area (Å²) in [6.45, 7) is 0.517. The van der Waals surface area contributed by atoms with Gasteiger partial charge >= 0.3 is 0 Å². The van der Waals surface area contributed by atoms with Crippen LogP contribution >= 0.6 is 23.2 Å². The zero-order valence-corrected chi connectivity index (χ0v) is 13.3. The first kappa shape index (κ1) is 14.4. The van der Waals surface area contributed by atoms with Gasteiger partial charge in [-0.15, -0.1) is 0 Å². The molecule has 0 fully saturated rings. The van der Waals surface area contributed by atoms with Crippen LogP contribution in [-0.2, 0) is 0 Å². The predicted octanol–water partition coefficient (Wildman–Crippen LogP) is 5.02. The average Bonchev–Trinajstić information content (AvgIpc) is 2.87. The van der Waals surface area contributed by atoms with Crippen molar-refractivity contribution in [3.8, 4) is 11.5 Å². The molecule has 2 heterocycles. The van der Waals surface area contributed by atoms with Crippen LogP contribution in [0.3, 0.4) is 0 Å². The number of benzene rings is 2. The van der Waals surface area contributed by atoms with Gasteiger partial charge in [0, 0.05) is 10.0 Å². The summed E-state index contributed by atoms with van der Waals surface area (Å²) < 4.78 is 11.3. The van der Waals surface area contributed by atoms with E-state index in [2.05, 4.69) is 0 Å². The lowest BCUT2D eigenvalue weighted by atomic mass is 10.0. The lowest BCUT2D eigenvalue weighted by Crippen LogP contribution is -2.01. The van der Waals surface area contributed by atoms with Gasteiger partial charge < -0.3 is 9.47 Å². The molecule has 0 amide bonds. The highest BCUT2D eigenvalue weighted by Gasteiger charge is 2.31. The summed E-state index contributed by atoms with van der Waals surface area (Å²) in [7, 11) is 0. The second kappa shape index (κ2) is 5.44. The molecule has 0 saturated carbocycles. The molecule has 0 N–H and O–H groups in total. The molecule has 4 rings (SSSR count). The van der Waals surface area contributed by atoms with Crippen molar-refractivity contribution in [1.82, 2.24) is 0 Å². The minimum absolute atomic E-state index is 0.173. The van der Waals surface area contributed by atoms with Gasteiger partial charge in [-0.1, -0.05) is 29.3 Å². The number of rotatable bonds is 1. The normalized spacial score (nSPS) is 16.8. The number of ketones is 1. The summed E-state index contributed by atoms with van der Waals surface area (Å²) in [5.74, 6) is 1.30. The van der Waals surface area contributed by atoms with Crippen LogP contribution in [0.4, 0.5) is 0 Å². The van der Waals surface area contributed by atoms with E-state index in [1.54, 1.807) is 36.4 Å². The molecular formula is C18H10Cl2O3. The fraction of sp³-hybridized carbons (Fsp3) is 0.0556. The highest BCUT2D eigenvalue weighted by molar-refractivity contribution is 6.35. The molecule has 0 spiro atoms. The molecule has 114 valence electrons. The van der Waals surface area contributed by atoms with Gasteiger partial charge in [0.25, 0.3) is 0 Å². The summed E-state index contributed by atoms with van der Waals surface area (Å²) in [6, 6.07) is 8.60. The first-order chi connectivity index (χ1) is 11.1. The van der Waals surface area contributed by atoms with Crippen molar-refractivity contribution in [2.45, 2.75) is 0 Å². The van der Waals surface area contributed by atoms with E-state index >= 15 is 0 Å². The van der Waals surface area contributed by atoms with Crippen LogP contribution in [0.15, 0.2) is 42.2 Å². The molecule has 0 bridgehead atoms. The Bertz CT molecular complexity index is 897. The van der Waals surface area contributed by atoms with E-state index in [0.29, 0.717) is 39.3 Å². The quantitative estimate of drug-likeness (QED) is 0.681. The molecule has 0 atom stereocenters. The fourth-order valence-corrected chi connectivity index (χ4v) is 3.06. The van der Waals surface area contributed by atoms with Gasteiger partial charge in [0.15, 0.2) is 5.76 Å². The summed E-state index contributed by atoms with van der Waals surface area (Å²) in [6.07, 6.45) is 5.41. The number of ether oxygens (including phenoxy) is 2. The van der Waals surface area contributed by atoms with Crippen LogP contribution in [0, 0.1) is 0 Å². The SMILES string of the molecule is O=C1/C(=C/c2ccc(Cl)cc2Cl)Oc2c1ccc1c2C=CCO1. The highest BCUT2D eigenvalue weighted by Crippen LogP contribution is 2.42. The molecular weight excluding hydrogens is 335 g/mol. The largest absolute Gasteiger partial charge is 0.489 e. The number of hydrogen-bond acceptors (Lipinski definition) is 3. The number of hydrogen-bond donors (Lipinski definition) is 0. The lowest BCUT2D eigenvalue weighted by Gasteiger charge is -2.14. The van der Waals surface area contributed by atoms with E-state index in [1.807, 2.05) is 12.2 Å². The Labute approximate surface area is 142 Å². The Morgan fingerprint density at radius 2 is 2.00 bits per heavy atom. The monoisotopic (exact) mass is 344 g/mol. The van der Waals surface area contributed by atoms with Gasteiger partial charge in [-0.2, -0.15) is 0 Å². The maximum atomic E-state index is 12.5. The third kappa shape index (κ3) is 2.42. The molecule has 0 aliphatic carbocycles. The first-order valence-corrected chi connectivity index (χ1v) is 7.75. The Hall–Kier alpha value is -2.23. The van der Waals surface area contributed by atoms with Crippen LogP contribution in [0.1, 0.15) is 21.5 Å². The number of carbonyl (C=O) groups excluding carboxylic acids is 1. The fourth-order valence-electron chi connectivity index (χ4n) is 2.60. The maximum Gasteiger partial charge on any atom is 0.231 e. The van der Waals surface area contributed by atoms with Crippen molar-refractivity contribution in [1.29, 1.82) is 0 Å². The molecule has 3 nitrogen and oxygen atoms in total. The van der Waals surface area contributed by atoms with Gasteiger partial charge in [0.05, 0.1) is 11.1 Å². The zero-order valence-electron chi connectivity index (χ0n) is 11.8. The van der Waals surface area contributed by atoms with E-state index in [0.717, 1.165) is 5.56 Å². The lowest BCUT2D eigenvalue weighted by molar-refractivity contribution is 0.101. The topological polar surface area (TPSA) is 35.5 Å². The van der Waals surface area contributed by atoms with Crippen LogP contribution in [0.25, 0.3) is 12.2 Å². The van der Waals surface area contributed by atoms with Crippen molar-refractivity contribution in [2.24, 2.45) is 0 Å². The molecule has 23 heavy (non-hydrogen) atoms. The molecule has 0 unspecified atom stereocenters. The van der Waals surface area contributed by atoms with Crippen LogP contribution in [-0.4, -0.2) is 12.4 Å². The van der Waals surface area contributed by atoms with Crippen molar-refractivity contribution in [2.75, 3.05) is 6.61 Å². The third-order valence-corrected chi connectivity index (χ3v) is 4.27. The summed E-state index contributed by atoms with van der Waals surface area (Å²) in [5.41, 5.74) is 1.98. The second-order valence-corrected chi connectivity index (χ2v) is 6.02. The zero-order chi connectivity index (χ0) is 16.0. The van der Waals surface area contributed by atoms with E-state index in [4.69, 9.17) is 32.7 Å². The number of Topliss-reactive ketones (excluding diaryl/α,β-unsaturated/α-hetero) is 1. The van der Waals surface area contributed by atoms with E-state index < -0.39 is 0 Å². The summed E-state index contributed by atoms with van der Waals surface area (Å²) in [4.78, 5) is 12.5. The van der Waals surface area contributed by atoms with Crippen LogP contribution < -0.4 is 9.47 Å². The molecule has 0 radical (unpaired) electrons. The van der Waals surface area contributed by atoms with Crippen molar-refractivity contribution >= 4 is 41.1 Å². The third-order valence-electron chi connectivity index (χ3n) is 3.71. The number of carbonyl (C=O) groups is 1. The van der Waals surface area contributed by atoms with Crippen LogP contribution in [0.5, 0.6) is 11.5 Å². The molecule has 0 saturated heterocycles. The summed E-state index contributed by atoms with van der Waals surface area (Å²) in [5, 5.41) is 0.998. The molecule has 2 aromatic rings. The molecule has 5 heteroatoms. The number of halogens is 2. The van der Waals surface area contributed by atoms with E-state index in [1.165, 1.54) is 0 Å². The van der Waals surface area contributed by atoms with Crippen molar-refractivity contribution in [3.05, 3.63) is 68.9 Å². The van der Waals surface area contributed by atoms with Gasteiger partial charge in [-0.3, -0.25) is 4.79 Å². The smallest absolute Gasteiger partial charge is 0.231 e. The van der Waals surface area contributed by atoms with Crippen molar-refractivity contribution < 1.29 is 14.3 Å². The average molecular weight is 345 g/mol. The highest BCUT2D eigenvalue weighted by atomic mass is 35.5. The second-order valence-electron chi connectivity index (χ2n) is 5.17. The predicted molar refractivity (Wildman–Crippen MR) is 90.4 cm³/mol. The Morgan fingerprint density at radius 3 is 2.83 bits per heavy atom. The van der Waals surface area contributed by atoms with E-state index in [9.17, 15) is 4.79 Å². The first-order valence-electron chi connectivity index (χ1n) is 6.99. The Kier molecular flexibility index (Phi) is 3.40. The molecule has 2 aliphatic rings. The molecule has 0 aromatic heterocycles. The Balaban J connectivity index is 1.78. The van der Waals surface area contributed by atoms with Crippen molar-refractivity contribution in [3.63, 3.8) is 0 Å². The van der Waals surface area contributed by atoms with Gasteiger partial charge in [-0.25, -0.2) is 0 Å².